The number of aryl methyl sites for hydroxylation is 3. The number of rotatable bonds is 5. The number of hydrogen-bond acceptors (Lipinski definition) is 3. The molecule has 2 atom stereocenters. The molecule has 0 bridgehead atoms. The van der Waals surface area contributed by atoms with Gasteiger partial charge in [-0.15, -0.1) is 0 Å². The van der Waals surface area contributed by atoms with Crippen molar-refractivity contribution in [1.82, 2.24) is 0 Å². The first-order chi connectivity index (χ1) is 12.3. The normalized spacial score (nSPS) is 14.8. The predicted octanol–water partition coefficient (Wildman–Crippen LogP) is 2.38. The van der Waals surface area contributed by atoms with Crippen LogP contribution in [0.2, 0.25) is 0 Å². The number of anilines is 1. The Labute approximate surface area is 154 Å². The topological polar surface area (TPSA) is 52.0 Å². The average Bonchev–Trinajstić information content (AvgIpc) is 3.04. The number of quaternary nitrogens is 1. The first-order valence-corrected chi connectivity index (χ1v) is 8.94. The van der Waals surface area contributed by atoms with Crippen LogP contribution in [-0.4, -0.2) is 25.8 Å². The molecule has 2 aromatic rings. The number of carbonyl (C=O) groups excluding carboxylic acids is 1. The maximum absolute atomic E-state index is 12.7. The number of ether oxygens (including phenoxy) is 2. The molecule has 138 valence electrons. The Morgan fingerprint density at radius 2 is 1.77 bits per heavy atom. The smallest absolute Gasteiger partial charge is 0.282 e. The van der Waals surface area contributed by atoms with E-state index in [0.29, 0.717) is 0 Å². The molecule has 26 heavy (non-hydrogen) atoms. The van der Waals surface area contributed by atoms with Gasteiger partial charge in [-0.05, 0) is 57.0 Å². The second-order valence-electron chi connectivity index (χ2n) is 7.20. The van der Waals surface area contributed by atoms with Crippen molar-refractivity contribution in [3.8, 4) is 11.5 Å². The van der Waals surface area contributed by atoms with Crippen molar-refractivity contribution in [2.45, 2.75) is 40.3 Å². The van der Waals surface area contributed by atoms with Gasteiger partial charge in [0.2, 0.25) is 6.79 Å². The molecule has 0 radical (unpaired) electrons. The summed E-state index contributed by atoms with van der Waals surface area (Å²) in [6.45, 7) is 9.09. The van der Waals surface area contributed by atoms with Gasteiger partial charge in [-0.25, -0.2) is 0 Å². The molecule has 5 heteroatoms. The molecule has 3 rings (SSSR count). The highest BCUT2D eigenvalue weighted by atomic mass is 16.7. The van der Waals surface area contributed by atoms with Crippen molar-refractivity contribution in [1.29, 1.82) is 0 Å². The van der Waals surface area contributed by atoms with Crippen molar-refractivity contribution >= 4 is 11.6 Å². The second kappa shape index (κ2) is 7.38. The maximum atomic E-state index is 12.7. The van der Waals surface area contributed by atoms with Gasteiger partial charge in [-0.3, -0.25) is 4.79 Å². The van der Waals surface area contributed by atoms with E-state index in [1.54, 1.807) is 0 Å². The van der Waals surface area contributed by atoms with E-state index in [0.717, 1.165) is 45.3 Å². The molecule has 5 nitrogen and oxygen atoms in total. The van der Waals surface area contributed by atoms with Crippen LogP contribution in [-0.2, 0) is 11.3 Å². The fourth-order valence-corrected chi connectivity index (χ4v) is 3.36. The van der Waals surface area contributed by atoms with Crippen LogP contribution >= 0.6 is 0 Å². The number of fused-ring (bicyclic) bond motifs is 1. The standard InChI is InChI=1S/C21H26N2O3/c1-13-8-14(2)20(15(3)9-13)22-21(24)16(4)23(5)11-17-6-7-18-19(10-17)26-12-25-18/h6-10,16H,11-12H2,1-5H3,(H,22,24)/p+1/t16-/m1/s1. The zero-order valence-electron chi connectivity index (χ0n) is 16.1. The maximum Gasteiger partial charge on any atom is 0.282 e. The van der Waals surface area contributed by atoms with E-state index in [1.165, 1.54) is 5.56 Å². The molecule has 0 saturated heterocycles. The predicted molar refractivity (Wildman–Crippen MR) is 102 cm³/mol. The molecule has 1 aliphatic rings. The van der Waals surface area contributed by atoms with Crippen molar-refractivity contribution in [3.63, 3.8) is 0 Å². The second-order valence-corrected chi connectivity index (χ2v) is 7.20. The molecule has 1 heterocycles. The monoisotopic (exact) mass is 355 g/mol. The first-order valence-electron chi connectivity index (χ1n) is 8.94. The molecule has 1 amide bonds. The summed E-state index contributed by atoms with van der Waals surface area (Å²) in [6.07, 6.45) is 0. The Balaban J connectivity index is 1.66. The Bertz CT molecular complexity index is 809. The third-order valence-electron chi connectivity index (χ3n) is 4.98. The highest BCUT2D eigenvalue weighted by Crippen LogP contribution is 2.32. The lowest BCUT2D eigenvalue weighted by molar-refractivity contribution is -0.907. The summed E-state index contributed by atoms with van der Waals surface area (Å²) in [4.78, 5) is 13.9. The largest absolute Gasteiger partial charge is 0.454 e. The third-order valence-corrected chi connectivity index (χ3v) is 4.98. The lowest BCUT2D eigenvalue weighted by atomic mass is 10.0. The fraction of sp³-hybridized carbons (Fsp3) is 0.381. The van der Waals surface area contributed by atoms with Gasteiger partial charge in [-0.1, -0.05) is 17.7 Å². The minimum Gasteiger partial charge on any atom is -0.454 e. The van der Waals surface area contributed by atoms with Gasteiger partial charge in [0, 0.05) is 11.3 Å². The number of hydrogen-bond donors (Lipinski definition) is 2. The third kappa shape index (κ3) is 3.83. The van der Waals surface area contributed by atoms with E-state index in [1.807, 2.05) is 46.0 Å². The summed E-state index contributed by atoms with van der Waals surface area (Å²) >= 11 is 0. The summed E-state index contributed by atoms with van der Waals surface area (Å²) in [7, 11) is 2.03. The van der Waals surface area contributed by atoms with Crippen LogP contribution in [0.3, 0.4) is 0 Å². The van der Waals surface area contributed by atoms with Crippen molar-refractivity contribution in [2.75, 3.05) is 19.2 Å². The van der Waals surface area contributed by atoms with Gasteiger partial charge < -0.3 is 19.7 Å². The molecule has 0 aromatic heterocycles. The SMILES string of the molecule is Cc1cc(C)c(NC(=O)[C@@H](C)[NH+](C)Cc2ccc3c(c2)OCO3)c(C)c1. The van der Waals surface area contributed by atoms with Gasteiger partial charge in [0.15, 0.2) is 17.5 Å². The van der Waals surface area contributed by atoms with Crippen LogP contribution in [0.4, 0.5) is 5.69 Å². The zero-order chi connectivity index (χ0) is 18.8. The molecule has 0 aliphatic carbocycles. The van der Waals surface area contributed by atoms with Gasteiger partial charge in [0.25, 0.3) is 5.91 Å². The van der Waals surface area contributed by atoms with Gasteiger partial charge in [0.05, 0.1) is 7.05 Å². The van der Waals surface area contributed by atoms with Crippen LogP contribution in [0.5, 0.6) is 11.5 Å². The highest BCUT2D eigenvalue weighted by molar-refractivity contribution is 5.95. The van der Waals surface area contributed by atoms with Crippen LogP contribution in [0.1, 0.15) is 29.2 Å². The Kier molecular flexibility index (Phi) is 5.18. The molecule has 2 aromatic carbocycles. The van der Waals surface area contributed by atoms with Crippen LogP contribution in [0.15, 0.2) is 30.3 Å². The number of likely N-dealkylation sites (N-methyl/N-ethyl adjacent to an activating group) is 1. The number of carbonyl (C=O) groups is 1. The van der Waals surface area contributed by atoms with Crippen LogP contribution in [0, 0.1) is 20.8 Å². The van der Waals surface area contributed by atoms with Crippen molar-refractivity contribution in [3.05, 3.63) is 52.6 Å². The molecule has 0 spiro atoms. The molecule has 2 N–H and O–H groups in total. The van der Waals surface area contributed by atoms with Crippen molar-refractivity contribution in [2.24, 2.45) is 0 Å². The van der Waals surface area contributed by atoms with E-state index in [9.17, 15) is 4.79 Å². The summed E-state index contributed by atoms with van der Waals surface area (Å²) in [5, 5.41) is 3.11. The summed E-state index contributed by atoms with van der Waals surface area (Å²) in [5.41, 5.74) is 5.43. The minimum atomic E-state index is -0.180. The molecular formula is C21H27N2O3+. The molecule has 0 saturated carbocycles. The fourth-order valence-electron chi connectivity index (χ4n) is 3.36. The first kappa shape index (κ1) is 18.3. The average molecular weight is 355 g/mol. The Morgan fingerprint density at radius 1 is 1.12 bits per heavy atom. The van der Waals surface area contributed by atoms with Gasteiger partial charge in [-0.2, -0.15) is 0 Å². The summed E-state index contributed by atoms with van der Waals surface area (Å²) in [6, 6.07) is 9.95. The van der Waals surface area contributed by atoms with E-state index in [4.69, 9.17) is 9.47 Å². The van der Waals surface area contributed by atoms with Gasteiger partial charge in [0.1, 0.15) is 6.54 Å². The zero-order valence-corrected chi connectivity index (χ0v) is 16.1. The Hall–Kier alpha value is -2.53. The molecule has 0 fully saturated rings. The number of benzene rings is 2. The van der Waals surface area contributed by atoms with E-state index < -0.39 is 0 Å². The number of amides is 1. The van der Waals surface area contributed by atoms with Gasteiger partial charge >= 0.3 is 0 Å². The molecular weight excluding hydrogens is 328 g/mol. The van der Waals surface area contributed by atoms with E-state index >= 15 is 0 Å². The summed E-state index contributed by atoms with van der Waals surface area (Å²) < 4.78 is 10.8. The van der Waals surface area contributed by atoms with Crippen LogP contribution < -0.4 is 19.7 Å². The van der Waals surface area contributed by atoms with Crippen molar-refractivity contribution < 1.29 is 19.2 Å². The minimum absolute atomic E-state index is 0.0262. The summed E-state index contributed by atoms with van der Waals surface area (Å²) in [5.74, 6) is 1.58. The quantitative estimate of drug-likeness (QED) is 0.866. The molecule has 1 aliphatic heterocycles. The van der Waals surface area contributed by atoms with Crippen LogP contribution in [0.25, 0.3) is 0 Å². The van der Waals surface area contributed by atoms with E-state index in [-0.39, 0.29) is 18.7 Å². The lowest BCUT2D eigenvalue weighted by Gasteiger charge is -2.22. The molecule has 1 unspecified atom stereocenters. The van der Waals surface area contributed by atoms with E-state index in [2.05, 4.69) is 24.4 Å². The highest BCUT2D eigenvalue weighted by Gasteiger charge is 2.24. The number of nitrogens with one attached hydrogen (secondary N) is 2. The lowest BCUT2D eigenvalue weighted by Crippen LogP contribution is -3.12. The Morgan fingerprint density at radius 3 is 2.46 bits per heavy atom.